The van der Waals surface area contributed by atoms with E-state index in [1.165, 1.54) is 42.6 Å². The number of alkyl halides is 3. The van der Waals surface area contributed by atoms with Gasteiger partial charge in [-0.3, -0.25) is 9.52 Å². The third kappa shape index (κ3) is 4.70. The second-order valence-electron chi connectivity index (χ2n) is 6.28. The zero-order chi connectivity index (χ0) is 22.2. The van der Waals surface area contributed by atoms with Crippen molar-refractivity contribution in [2.45, 2.75) is 11.1 Å². The smallest absolute Gasteiger partial charge is 0.321 e. The van der Waals surface area contributed by atoms with E-state index in [0.29, 0.717) is 15.8 Å². The van der Waals surface area contributed by atoms with E-state index in [0.717, 1.165) is 34.8 Å². The van der Waals surface area contributed by atoms with Crippen LogP contribution >= 0.6 is 22.7 Å². The van der Waals surface area contributed by atoms with Crippen molar-refractivity contribution >= 4 is 59.5 Å². The summed E-state index contributed by atoms with van der Waals surface area (Å²) in [6.45, 7) is 0. The molecule has 6 nitrogen and oxygen atoms in total. The van der Waals surface area contributed by atoms with Crippen LogP contribution in [0.4, 0.5) is 24.0 Å². The molecule has 0 saturated heterocycles. The number of carbonyl (C=O) groups excluding carboxylic acids is 1. The lowest BCUT2D eigenvalue weighted by Gasteiger charge is -2.07. The van der Waals surface area contributed by atoms with Crippen LogP contribution in [0.15, 0.2) is 65.0 Å². The van der Waals surface area contributed by atoms with Crippen LogP contribution in [0, 0.1) is 0 Å². The van der Waals surface area contributed by atoms with Crippen LogP contribution in [-0.2, 0) is 16.2 Å². The lowest BCUT2D eigenvalue weighted by atomic mass is 10.1. The fourth-order valence-electron chi connectivity index (χ4n) is 2.69. The topological polar surface area (TPSA) is 88.2 Å². The second kappa shape index (κ2) is 7.94. The molecule has 0 aliphatic heterocycles. The second-order valence-corrected chi connectivity index (χ2v) is 9.94. The van der Waals surface area contributed by atoms with Gasteiger partial charge in [0.2, 0.25) is 0 Å². The number of nitrogens with zero attached hydrogens (tertiary/aromatic N) is 1. The molecule has 2 heterocycles. The average molecular weight is 484 g/mol. The Morgan fingerprint density at radius 2 is 1.77 bits per heavy atom. The third-order valence-electron chi connectivity index (χ3n) is 4.14. The molecule has 0 bridgehead atoms. The van der Waals surface area contributed by atoms with Gasteiger partial charge in [-0.2, -0.15) is 13.2 Å². The molecule has 4 rings (SSSR count). The number of thiazole rings is 1. The van der Waals surface area contributed by atoms with E-state index in [1.54, 1.807) is 5.38 Å². The Morgan fingerprint density at radius 1 is 1.03 bits per heavy atom. The molecule has 0 radical (unpaired) electrons. The summed E-state index contributed by atoms with van der Waals surface area (Å²) in [6, 6.07) is 10.2. The Labute approximate surface area is 182 Å². The molecule has 4 aromatic rings. The fourth-order valence-corrected chi connectivity index (χ4v) is 5.42. The van der Waals surface area contributed by atoms with E-state index in [2.05, 4.69) is 15.0 Å². The number of nitrogens with one attached hydrogen (secondary N) is 2. The Bertz CT molecular complexity index is 1350. The average Bonchev–Trinajstić information content (AvgIpc) is 3.36. The molecular weight excluding hydrogens is 471 g/mol. The first-order chi connectivity index (χ1) is 14.6. The van der Waals surface area contributed by atoms with Crippen LogP contribution in [0.1, 0.15) is 15.2 Å². The van der Waals surface area contributed by atoms with Crippen molar-refractivity contribution in [3.05, 3.63) is 70.5 Å². The lowest BCUT2D eigenvalue weighted by Crippen LogP contribution is -2.13. The number of carbonyl (C=O) groups is 1. The van der Waals surface area contributed by atoms with E-state index in [9.17, 15) is 26.4 Å². The predicted molar refractivity (Wildman–Crippen MR) is 114 cm³/mol. The SMILES string of the molecule is O=C(Nc1ccc(S(=O)(=O)Nc2nccs2)cc1)c1cc2cc(C(F)(F)F)ccc2s1. The Balaban J connectivity index is 1.50. The highest BCUT2D eigenvalue weighted by Crippen LogP contribution is 2.34. The summed E-state index contributed by atoms with van der Waals surface area (Å²) in [6.07, 6.45) is -2.99. The molecule has 2 aromatic heterocycles. The lowest BCUT2D eigenvalue weighted by molar-refractivity contribution is -0.137. The minimum absolute atomic E-state index is 0.0118. The van der Waals surface area contributed by atoms with Gasteiger partial charge in [-0.1, -0.05) is 0 Å². The summed E-state index contributed by atoms with van der Waals surface area (Å²) in [5, 5.41) is 4.80. The van der Waals surface area contributed by atoms with E-state index in [1.807, 2.05) is 0 Å². The maximum absolute atomic E-state index is 12.9. The Morgan fingerprint density at radius 3 is 2.42 bits per heavy atom. The summed E-state index contributed by atoms with van der Waals surface area (Å²) in [7, 11) is -3.82. The van der Waals surface area contributed by atoms with Gasteiger partial charge < -0.3 is 5.32 Å². The first-order valence-electron chi connectivity index (χ1n) is 8.56. The van der Waals surface area contributed by atoms with Gasteiger partial charge in [0.15, 0.2) is 5.13 Å². The molecule has 31 heavy (non-hydrogen) atoms. The highest BCUT2D eigenvalue weighted by Gasteiger charge is 2.30. The fraction of sp³-hybridized carbons (Fsp3) is 0.0526. The summed E-state index contributed by atoms with van der Waals surface area (Å²) in [4.78, 5) is 16.6. The monoisotopic (exact) mass is 483 g/mol. The molecule has 0 unspecified atom stereocenters. The zero-order valence-corrected chi connectivity index (χ0v) is 17.8. The van der Waals surface area contributed by atoms with Crippen molar-refractivity contribution in [2.75, 3.05) is 10.0 Å². The summed E-state index contributed by atoms with van der Waals surface area (Å²) >= 11 is 2.20. The maximum atomic E-state index is 12.9. The van der Waals surface area contributed by atoms with Crippen LogP contribution in [0.5, 0.6) is 0 Å². The molecule has 0 saturated carbocycles. The molecule has 0 aliphatic carbocycles. The molecule has 2 aromatic carbocycles. The first-order valence-corrected chi connectivity index (χ1v) is 11.7. The van der Waals surface area contributed by atoms with E-state index >= 15 is 0 Å². The van der Waals surface area contributed by atoms with Crippen molar-refractivity contribution < 1.29 is 26.4 Å². The number of sulfonamides is 1. The number of rotatable bonds is 5. The van der Waals surface area contributed by atoms with E-state index in [-0.39, 0.29) is 14.9 Å². The van der Waals surface area contributed by atoms with Crippen molar-refractivity contribution in [3.8, 4) is 0 Å². The highest BCUT2D eigenvalue weighted by molar-refractivity contribution is 7.93. The van der Waals surface area contributed by atoms with Crippen molar-refractivity contribution in [1.82, 2.24) is 4.98 Å². The van der Waals surface area contributed by atoms with Crippen LogP contribution < -0.4 is 10.0 Å². The van der Waals surface area contributed by atoms with Gasteiger partial charge in [-0.15, -0.1) is 22.7 Å². The van der Waals surface area contributed by atoms with Gasteiger partial charge >= 0.3 is 6.18 Å². The molecule has 12 heteroatoms. The van der Waals surface area contributed by atoms with Gasteiger partial charge in [-0.05, 0) is 53.9 Å². The van der Waals surface area contributed by atoms with Crippen molar-refractivity contribution in [3.63, 3.8) is 0 Å². The number of thiophene rings is 1. The normalized spacial score (nSPS) is 12.1. The molecule has 0 fully saturated rings. The predicted octanol–water partition coefficient (Wildman–Crippen LogP) is 5.43. The molecule has 1 amide bonds. The molecule has 2 N–H and O–H groups in total. The molecule has 160 valence electrons. The number of hydrogen-bond donors (Lipinski definition) is 2. The summed E-state index contributed by atoms with van der Waals surface area (Å²) < 4.78 is 66.2. The molecule has 0 spiro atoms. The van der Waals surface area contributed by atoms with Crippen LogP contribution in [0.2, 0.25) is 0 Å². The van der Waals surface area contributed by atoms with Crippen molar-refractivity contribution in [2.24, 2.45) is 0 Å². The van der Waals surface area contributed by atoms with Gasteiger partial charge in [0, 0.05) is 22.0 Å². The zero-order valence-electron chi connectivity index (χ0n) is 15.3. The standard InChI is InChI=1S/C19H12F3N3O3S3/c20-19(21,22)12-1-6-15-11(9-12)10-16(30-15)17(26)24-13-2-4-14(5-3-13)31(27,28)25-18-23-7-8-29-18/h1-10H,(H,23,25)(H,24,26). The van der Waals surface area contributed by atoms with Gasteiger partial charge in [-0.25, -0.2) is 13.4 Å². The Kier molecular flexibility index (Phi) is 5.45. The maximum Gasteiger partial charge on any atom is 0.416 e. The van der Waals surface area contributed by atoms with Crippen molar-refractivity contribution in [1.29, 1.82) is 0 Å². The number of fused-ring (bicyclic) bond motifs is 1. The minimum Gasteiger partial charge on any atom is -0.321 e. The molecule has 0 aliphatic rings. The van der Waals surface area contributed by atoms with Gasteiger partial charge in [0.25, 0.3) is 15.9 Å². The van der Waals surface area contributed by atoms with Crippen LogP contribution in [0.3, 0.4) is 0 Å². The summed E-state index contributed by atoms with van der Waals surface area (Å²) in [5.74, 6) is -0.508. The molecule has 0 atom stereocenters. The summed E-state index contributed by atoms with van der Waals surface area (Å²) in [5.41, 5.74) is -0.445. The number of hydrogen-bond acceptors (Lipinski definition) is 6. The number of halogens is 3. The molecular formula is C19H12F3N3O3S3. The largest absolute Gasteiger partial charge is 0.416 e. The third-order valence-corrected chi connectivity index (χ3v) is 7.43. The number of aromatic nitrogens is 1. The Hall–Kier alpha value is -2.96. The number of amides is 1. The number of anilines is 2. The van der Waals surface area contributed by atoms with Crippen LogP contribution in [-0.4, -0.2) is 19.3 Å². The number of benzene rings is 2. The first kappa shape index (κ1) is 21.3. The van der Waals surface area contributed by atoms with Gasteiger partial charge in [0.05, 0.1) is 15.3 Å². The van der Waals surface area contributed by atoms with E-state index < -0.39 is 27.7 Å². The van der Waals surface area contributed by atoms with E-state index in [4.69, 9.17) is 0 Å². The van der Waals surface area contributed by atoms with Gasteiger partial charge in [0.1, 0.15) is 0 Å². The quantitative estimate of drug-likeness (QED) is 0.396. The van der Waals surface area contributed by atoms with Crippen LogP contribution in [0.25, 0.3) is 10.1 Å². The minimum atomic E-state index is -4.46. The highest BCUT2D eigenvalue weighted by atomic mass is 32.2.